The Hall–Kier alpha value is -3.35. The Balaban J connectivity index is 1.22. The van der Waals surface area contributed by atoms with Crippen LogP contribution in [0, 0.1) is 6.92 Å². The Morgan fingerprint density at radius 1 is 1.10 bits per heavy atom. The summed E-state index contributed by atoms with van der Waals surface area (Å²) < 4.78 is 5.54. The molecule has 3 heterocycles. The minimum Gasteiger partial charge on any atom is -0.410 e. The number of aryl methyl sites for hydroxylation is 3. The third-order valence-corrected chi connectivity index (χ3v) is 5.21. The van der Waals surface area contributed by atoms with Gasteiger partial charge in [0.2, 0.25) is 0 Å². The number of rotatable bonds is 6. The third-order valence-electron chi connectivity index (χ3n) is 5.21. The second-order valence-corrected chi connectivity index (χ2v) is 7.54. The fourth-order valence-corrected chi connectivity index (χ4v) is 3.42. The van der Waals surface area contributed by atoms with Crippen molar-refractivity contribution in [3.05, 3.63) is 77.9 Å². The molecule has 1 aromatic carbocycles. The molecule has 1 amide bonds. The fourth-order valence-electron chi connectivity index (χ4n) is 3.42. The van der Waals surface area contributed by atoms with E-state index in [1.807, 2.05) is 43.5 Å². The first-order chi connectivity index (χ1) is 14.7. The second-order valence-electron chi connectivity index (χ2n) is 7.54. The third kappa shape index (κ3) is 5.37. The molecule has 0 spiro atoms. The number of carbonyl (C=O) groups is 1. The predicted molar refractivity (Wildman–Crippen MR) is 112 cm³/mol. The molecule has 0 bridgehead atoms. The summed E-state index contributed by atoms with van der Waals surface area (Å²) in [6, 6.07) is 13.7. The maximum Gasteiger partial charge on any atom is 0.415 e. The molecule has 1 aliphatic rings. The zero-order valence-electron chi connectivity index (χ0n) is 17.1. The summed E-state index contributed by atoms with van der Waals surface area (Å²) in [5, 5.41) is 4.05. The quantitative estimate of drug-likeness (QED) is 0.627. The van der Waals surface area contributed by atoms with Crippen LogP contribution in [0.4, 0.5) is 4.79 Å². The van der Waals surface area contributed by atoms with Gasteiger partial charge in [0.25, 0.3) is 0 Å². The average molecular weight is 406 g/mol. The lowest BCUT2D eigenvalue weighted by Crippen LogP contribution is -2.44. The molecule has 7 nitrogen and oxygen atoms in total. The summed E-state index contributed by atoms with van der Waals surface area (Å²) >= 11 is 0. The maximum atomic E-state index is 12.5. The Morgan fingerprint density at radius 3 is 2.57 bits per heavy atom. The number of hydrogen-bond donors (Lipinski definition) is 0. The molecule has 1 saturated heterocycles. The van der Waals surface area contributed by atoms with Crippen LogP contribution in [0.5, 0.6) is 5.75 Å². The first-order valence-electron chi connectivity index (χ1n) is 10.3. The number of hydrogen-bond acceptors (Lipinski definition) is 5. The monoisotopic (exact) mass is 406 g/mol. The highest BCUT2D eigenvalue weighted by molar-refractivity contribution is 5.70. The van der Waals surface area contributed by atoms with Crippen LogP contribution >= 0.6 is 0 Å². The first-order valence-corrected chi connectivity index (χ1v) is 10.3. The minimum absolute atomic E-state index is 0.0521. The number of ether oxygens (including phenoxy) is 1. The van der Waals surface area contributed by atoms with Crippen LogP contribution in [0.2, 0.25) is 0 Å². The van der Waals surface area contributed by atoms with Crippen LogP contribution in [0.3, 0.4) is 0 Å². The predicted octanol–water partition coefficient (Wildman–Crippen LogP) is 3.46. The lowest BCUT2D eigenvalue weighted by molar-refractivity contribution is -0.0162. The Bertz CT molecular complexity index is 932. The molecule has 0 N–H and O–H groups in total. The van der Waals surface area contributed by atoms with Crippen molar-refractivity contribution >= 4 is 6.09 Å². The molecule has 0 unspecified atom stereocenters. The van der Waals surface area contributed by atoms with Crippen molar-refractivity contribution in [3.8, 4) is 5.75 Å². The van der Waals surface area contributed by atoms with E-state index >= 15 is 0 Å². The van der Waals surface area contributed by atoms with Crippen molar-refractivity contribution in [1.29, 1.82) is 0 Å². The van der Waals surface area contributed by atoms with Crippen LogP contribution in [0.15, 0.2) is 61.1 Å². The number of carbonyl (C=O) groups excluding carboxylic acids is 1. The summed E-state index contributed by atoms with van der Waals surface area (Å²) in [4.78, 5) is 25.8. The maximum absolute atomic E-state index is 12.5. The highest BCUT2D eigenvalue weighted by atomic mass is 16.7. The van der Waals surface area contributed by atoms with Crippen molar-refractivity contribution in [1.82, 2.24) is 19.8 Å². The number of piperidine rings is 1. The number of amides is 1. The Morgan fingerprint density at radius 2 is 1.90 bits per heavy atom. The molecular formula is C23H26N4O3. The molecule has 0 radical (unpaired) electrons. The van der Waals surface area contributed by atoms with Gasteiger partial charge in [-0.15, -0.1) is 9.94 Å². The van der Waals surface area contributed by atoms with Gasteiger partial charge in [0.05, 0.1) is 12.4 Å². The molecule has 0 aliphatic carbocycles. The van der Waals surface area contributed by atoms with E-state index in [1.165, 1.54) is 16.0 Å². The van der Waals surface area contributed by atoms with E-state index in [1.54, 1.807) is 17.3 Å². The molecule has 2 aromatic heterocycles. The zero-order chi connectivity index (χ0) is 20.8. The summed E-state index contributed by atoms with van der Waals surface area (Å²) in [6.45, 7) is 3.24. The molecule has 1 fully saturated rings. The summed E-state index contributed by atoms with van der Waals surface area (Å²) in [7, 11) is 0. The minimum atomic E-state index is -0.316. The Kier molecular flexibility index (Phi) is 6.27. The molecule has 4 rings (SSSR count). The summed E-state index contributed by atoms with van der Waals surface area (Å²) in [5.41, 5.74) is 3.43. The normalized spacial score (nSPS) is 14.5. The van der Waals surface area contributed by atoms with Crippen molar-refractivity contribution in [2.75, 3.05) is 13.1 Å². The largest absolute Gasteiger partial charge is 0.415 e. The SMILES string of the molecule is Cc1ccc(CCc2ccc(OC(=O)N3CCC(On4cccn4)CC3)cc2)nc1. The molecule has 7 heteroatoms. The number of likely N-dealkylation sites (tertiary alicyclic amines) is 1. The van der Waals surface area contributed by atoms with Crippen molar-refractivity contribution in [2.24, 2.45) is 0 Å². The molecule has 0 saturated carbocycles. The van der Waals surface area contributed by atoms with Crippen LogP contribution in [0.25, 0.3) is 0 Å². The number of pyridine rings is 1. The van der Waals surface area contributed by atoms with Gasteiger partial charge in [0, 0.05) is 37.8 Å². The van der Waals surface area contributed by atoms with Gasteiger partial charge in [0.15, 0.2) is 0 Å². The van der Waals surface area contributed by atoms with E-state index < -0.39 is 0 Å². The zero-order valence-corrected chi connectivity index (χ0v) is 17.1. The smallest absolute Gasteiger partial charge is 0.410 e. The molecule has 30 heavy (non-hydrogen) atoms. The van der Waals surface area contributed by atoms with Gasteiger partial charge >= 0.3 is 6.09 Å². The van der Waals surface area contributed by atoms with E-state index in [4.69, 9.17) is 9.57 Å². The topological polar surface area (TPSA) is 69.5 Å². The lowest BCUT2D eigenvalue weighted by Gasteiger charge is -2.30. The average Bonchev–Trinajstić information content (AvgIpc) is 3.28. The number of aromatic nitrogens is 3. The van der Waals surface area contributed by atoms with E-state index in [-0.39, 0.29) is 12.2 Å². The van der Waals surface area contributed by atoms with Gasteiger partial charge in [-0.25, -0.2) is 4.79 Å². The lowest BCUT2D eigenvalue weighted by atomic mass is 10.1. The van der Waals surface area contributed by atoms with Crippen LogP contribution in [-0.4, -0.2) is 45.1 Å². The van der Waals surface area contributed by atoms with Crippen LogP contribution < -0.4 is 9.57 Å². The molecule has 156 valence electrons. The highest BCUT2D eigenvalue weighted by Gasteiger charge is 2.25. The second kappa shape index (κ2) is 9.43. The van der Waals surface area contributed by atoms with Crippen molar-refractivity contribution in [3.63, 3.8) is 0 Å². The van der Waals surface area contributed by atoms with Gasteiger partial charge in [0.1, 0.15) is 11.9 Å². The molecule has 1 aliphatic heterocycles. The van der Waals surface area contributed by atoms with Gasteiger partial charge in [-0.2, -0.15) is 0 Å². The molecule has 0 atom stereocenters. The standard InChI is InChI=1S/C23H26N4O3/c1-18-3-7-20(24-17-18)8-4-19-5-9-21(10-6-19)29-23(28)26-15-11-22(12-16-26)30-27-14-2-13-25-27/h2-3,5-7,9-10,13-14,17,22H,4,8,11-12,15-16H2,1H3. The van der Waals surface area contributed by atoms with Crippen LogP contribution in [0.1, 0.15) is 29.7 Å². The highest BCUT2D eigenvalue weighted by Crippen LogP contribution is 2.17. The van der Waals surface area contributed by atoms with Crippen molar-refractivity contribution in [2.45, 2.75) is 38.7 Å². The fraction of sp³-hybridized carbons (Fsp3) is 0.348. The van der Waals surface area contributed by atoms with Gasteiger partial charge in [-0.1, -0.05) is 18.2 Å². The Labute approximate surface area is 176 Å². The van der Waals surface area contributed by atoms with E-state index in [0.29, 0.717) is 18.8 Å². The van der Waals surface area contributed by atoms with Crippen LogP contribution in [-0.2, 0) is 12.8 Å². The number of benzene rings is 1. The molecular weight excluding hydrogens is 380 g/mol. The first kappa shape index (κ1) is 19.9. The van der Waals surface area contributed by atoms with Crippen molar-refractivity contribution < 1.29 is 14.4 Å². The number of nitrogens with zero attached hydrogens (tertiary/aromatic N) is 4. The van der Waals surface area contributed by atoms with Gasteiger partial charge in [-0.3, -0.25) is 4.98 Å². The summed E-state index contributed by atoms with van der Waals surface area (Å²) in [5.74, 6) is 0.562. The molecule has 3 aromatic rings. The van der Waals surface area contributed by atoms with E-state index in [2.05, 4.69) is 22.2 Å². The van der Waals surface area contributed by atoms with E-state index in [9.17, 15) is 4.79 Å². The van der Waals surface area contributed by atoms with Gasteiger partial charge < -0.3 is 14.5 Å². The van der Waals surface area contributed by atoms with E-state index in [0.717, 1.165) is 31.4 Å². The van der Waals surface area contributed by atoms with Gasteiger partial charge in [-0.05, 0) is 55.2 Å². The summed E-state index contributed by atoms with van der Waals surface area (Å²) in [6.07, 6.45) is 8.36.